The molecule has 1 atom stereocenters. The van der Waals surface area contributed by atoms with Crippen LogP contribution in [0.5, 0.6) is 0 Å². The Kier molecular flexibility index (Phi) is 8.22. The van der Waals surface area contributed by atoms with Gasteiger partial charge < -0.3 is 10.6 Å². The highest BCUT2D eigenvalue weighted by Gasteiger charge is 2.31. The number of nitrogens with one attached hydrogen (secondary N) is 2. The van der Waals surface area contributed by atoms with Gasteiger partial charge in [0.25, 0.3) is 5.91 Å². The molecule has 0 spiro atoms. The van der Waals surface area contributed by atoms with Crippen molar-refractivity contribution in [2.24, 2.45) is 0 Å². The number of benzene rings is 3. The monoisotopic (exact) mass is 510 g/mol. The van der Waals surface area contributed by atoms with Gasteiger partial charge in [-0.1, -0.05) is 36.7 Å². The van der Waals surface area contributed by atoms with E-state index in [9.17, 15) is 27.2 Å². The zero-order valence-corrected chi connectivity index (χ0v) is 19.3. The lowest BCUT2D eigenvalue weighted by molar-refractivity contribution is -0.137. The molecule has 0 aliphatic rings. The lowest BCUT2D eigenvalue weighted by Gasteiger charge is -2.17. The molecule has 10 heteroatoms. The van der Waals surface area contributed by atoms with E-state index in [1.165, 1.54) is 30.0 Å². The Morgan fingerprint density at radius 2 is 1.74 bits per heavy atom. The Bertz CT molecular complexity index is 1200. The number of rotatable bonds is 7. The van der Waals surface area contributed by atoms with E-state index in [1.54, 1.807) is 37.3 Å². The van der Waals surface area contributed by atoms with E-state index in [0.29, 0.717) is 17.0 Å². The van der Waals surface area contributed by atoms with Gasteiger partial charge in [0.1, 0.15) is 5.82 Å². The summed E-state index contributed by atoms with van der Waals surface area (Å²) in [5.41, 5.74) is -0.767. The van der Waals surface area contributed by atoms with Crippen LogP contribution in [0, 0.1) is 5.82 Å². The molecule has 0 fully saturated rings. The van der Waals surface area contributed by atoms with Crippen LogP contribution in [0.1, 0.15) is 29.3 Å². The Morgan fingerprint density at radius 3 is 2.41 bits per heavy atom. The molecule has 0 heterocycles. The SMILES string of the molecule is CCC(Sc1cccc(NC(=O)c2ccccc2F)c1)C(=O)Nc1cc(C(F)(F)F)ccc1Cl. The lowest BCUT2D eigenvalue weighted by Crippen LogP contribution is -2.25. The van der Waals surface area contributed by atoms with Crippen molar-refractivity contribution in [2.75, 3.05) is 10.6 Å². The van der Waals surface area contributed by atoms with Gasteiger partial charge >= 0.3 is 6.18 Å². The average Bonchev–Trinajstić information content (AvgIpc) is 2.78. The minimum Gasteiger partial charge on any atom is -0.324 e. The molecular formula is C24H19ClF4N2O2S. The van der Waals surface area contributed by atoms with Crippen molar-refractivity contribution in [3.05, 3.63) is 88.7 Å². The summed E-state index contributed by atoms with van der Waals surface area (Å²) >= 11 is 7.14. The molecule has 0 saturated carbocycles. The summed E-state index contributed by atoms with van der Waals surface area (Å²) in [4.78, 5) is 25.7. The fourth-order valence-corrected chi connectivity index (χ4v) is 4.17. The second-order valence-corrected chi connectivity index (χ2v) is 8.84. The van der Waals surface area contributed by atoms with E-state index in [1.807, 2.05) is 0 Å². The molecule has 2 amide bonds. The van der Waals surface area contributed by atoms with Crippen molar-refractivity contribution in [2.45, 2.75) is 29.7 Å². The maximum absolute atomic E-state index is 13.8. The molecular weight excluding hydrogens is 492 g/mol. The first-order chi connectivity index (χ1) is 16.1. The largest absolute Gasteiger partial charge is 0.416 e. The third kappa shape index (κ3) is 6.51. The molecule has 1 unspecified atom stereocenters. The van der Waals surface area contributed by atoms with E-state index in [-0.39, 0.29) is 16.3 Å². The summed E-state index contributed by atoms with van der Waals surface area (Å²) in [6, 6.07) is 14.9. The van der Waals surface area contributed by atoms with Gasteiger partial charge in [0.15, 0.2) is 0 Å². The quantitative estimate of drug-likeness (QED) is 0.260. The van der Waals surface area contributed by atoms with Crippen LogP contribution in [0.25, 0.3) is 0 Å². The van der Waals surface area contributed by atoms with E-state index in [0.717, 1.165) is 18.2 Å². The molecule has 3 aromatic rings. The smallest absolute Gasteiger partial charge is 0.324 e. The normalized spacial score (nSPS) is 12.2. The summed E-state index contributed by atoms with van der Waals surface area (Å²) in [6.07, 6.45) is -4.20. The number of hydrogen-bond acceptors (Lipinski definition) is 3. The summed E-state index contributed by atoms with van der Waals surface area (Å²) in [7, 11) is 0. The second-order valence-electron chi connectivity index (χ2n) is 7.16. The third-order valence-corrected chi connectivity index (χ3v) is 6.39. The summed E-state index contributed by atoms with van der Waals surface area (Å²) in [5.74, 6) is -1.79. The predicted molar refractivity (Wildman–Crippen MR) is 126 cm³/mol. The van der Waals surface area contributed by atoms with Crippen molar-refractivity contribution >= 4 is 46.6 Å². The van der Waals surface area contributed by atoms with Crippen LogP contribution in [0.15, 0.2) is 71.6 Å². The summed E-state index contributed by atoms with van der Waals surface area (Å²) in [6.45, 7) is 1.76. The topological polar surface area (TPSA) is 58.2 Å². The average molecular weight is 511 g/mol. The standard InChI is InChI=1S/C24H19ClF4N2O2S/c1-2-21(23(33)31-20-12-14(24(27,28)29)10-11-18(20)25)34-16-7-5-6-15(13-16)30-22(32)17-8-3-4-9-19(17)26/h3-13,21H,2H2,1H3,(H,30,32)(H,31,33). The van der Waals surface area contributed by atoms with Gasteiger partial charge in [-0.05, 0) is 55.0 Å². The molecule has 0 aromatic heterocycles. The highest BCUT2D eigenvalue weighted by atomic mass is 35.5. The fourth-order valence-electron chi connectivity index (χ4n) is 2.99. The first-order valence-corrected chi connectivity index (χ1v) is 11.3. The van der Waals surface area contributed by atoms with Crippen LogP contribution < -0.4 is 10.6 Å². The number of halogens is 5. The molecule has 34 heavy (non-hydrogen) atoms. The molecule has 178 valence electrons. The van der Waals surface area contributed by atoms with Crippen LogP contribution in [-0.4, -0.2) is 17.1 Å². The van der Waals surface area contributed by atoms with E-state index >= 15 is 0 Å². The number of carbonyl (C=O) groups excluding carboxylic acids is 2. The fraction of sp³-hybridized carbons (Fsp3) is 0.167. The van der Waals surface area contributed by atoms with Crippen LogP contribution >= 0.6 is 23.4 Å². The molecule has 3 rings (SSSR count). The zero-order chi connectivity index (χ0) is 24.9. The number of thioether (sulfide) groups is 1. The van der Waals surface area contributed by atoms with Gasteiger partial charge in [0.05, 0.1) is 27.1 Å². The predicted octanol–water partition coefficient (Wildman–Crippen LogP) is 7.26. The summed E-state index contributed by atoms with van der Waals surface area (Å²) in [5, 5.41) is 4.41. The number of carbonyl (C=O) groups is 2. The number of anilines is 2. The van der Waals surface area contributed by atoms with Gasteiger partial charge in [-0.15, -0.1) is 11.8 Å². The second kappa shape index (κ2) is 10.9. The minimum absolute atomic E-state index is 0.0148. The van der Waals surface area contributed by atoms with Crippen molar-refractivity contribution in [1.29, 1.82) is 0 Å². The van der Waals surface area contributed by atoms with Crippen molar-refractivity contribution in [1.82, 2.24) is 0 Å². The van der Waals surface area contributed by atoms with E-state index in [4.69, 9.17) is 11.6 Å². The Hall–Kier alpha value is -3.04. The van der Waals surface area contributed by atoms with Crippen LogP contribution in [0.4, 0.5) is 28.9 Å². The maximum Gasteiger partial charge on any atom is 0.416 e. The first-order valence-electron chi connectivity index (χ1n) is 10.1. The van der Waals surface area contributed by atoms with Crippen LogP contribution in [-0.2, 0) is 11.0 Å². The highest BCUT2D eigenvalue weighted by molar-refractivity contribution is 8.00. The van der Waals surface area contributed by atoms with Crippen LogP contribution in [0.2, 0.25) is 5.02 Å². The molecule has 0 bridgehead atoms. The number of amides is 2. The van der Waals surface area contributed by atoms with Crippen molar-refractivity contribution < 1.29 is 27.2 Å². The van der Waals surface area contributed by atoms with Crippen molar-refractivity contribution in [3.8, 4) is 0 Å². The first kappa shape index (κ1) is 25.6. The summed E-state index contributed by atoms with van der Waals surface area (Å²) < 4.78 is 52.8. The molecule has 0 saturated heterocycles. The highest BCUT2D eigenvalue weighted by Crippen LogP contribution is 2.35. The molecule has 3 aromatic carbocycles. The minimum atomic E-state index is -4.57. The molecule has 0 aliphatic carbocycles. The van der Waals surface area contributed by atoms with Gasteiger partial charge in [-0.25, -0.2) is 4.39 Å². The number of alkyl halides is 3. The Balaban J connectivity index is 1.71. The molecule has 2 N–H and O–H groups in total. The van der Waals surface area contributed by atoms with Gasteiger partial charge in [0, 0.05) is 10.6 Å². The van der Waals surface area contributed by atoms with E-state index < -0.39 is 34.6 Å². The molecule has 0 aliphatic heterocycles. The Morgan fingerprint density at radius 1 is 1.00 bits per heavy atom. The Labute approximate surface area is 202 Å². The van der Waals surface area contributed by atoms with Gasteiger partial charge in [0.2, 0.25) is 5.91 Å². The van der Waals surface area contributed by atoms with Crippen molar-refractivity contribution in [3.63, 3.8) is 0 Å². The molecule has 4 nitrogen and oxygen atoms in total. The zero-order valence-electron chi connectivity index (χ0n) is 17.7. The third-order valence-electron chi connectivity index (χ3n) is 4.70. The van der Waals surface area contributed by atoms with Gasteiger partial charge in [-0.2, -0.15) is 13.2 Å². The van der Waals surface area contributed by atoms with Crippen LogP contribution in [0.3, 0.4) is 0 Å². The maximum atomic E-state index is 13.8. The molecule has 0 radical (unpaired) electrons. The van der Waals surface area contributed by atoms with Gasteiger partial charge in [-0.3, -0.25) is 9.59 Å². The number of hydrogen-bond donors (Lipinski definition) is 2. The lowest BCUT2D eigenvalue weighted by atomic mass is 10.2. The van der Waals surface area contributed by atoms with E-state index in [2.05, 4.69) is 10.6 Å².